The highest BCUT2D eigenvalue weighted by atomic mass is 19.1. The number of hydrogen-bond acceptors (Lipinski definition) is 4. The van der Waals surface area contributed by atoms with Crippen molar-refractivity contribution >= 4 is 0 Å². The SMILES string of the molecule is COCCCOCCOc1cc(F)cc(C#CCN)c1. The van der Waals surface area contributed by atoms with E-state index < -0.39 is 0 Å². The highest BCUT2D eigenvalue weighted by Crippen LogP contribution is 2.15. The van der Waals surface area contributed by atoms with Gasteiger partial charge >= 0.3 is 0 Å². The topological polar surface area (TPSA) is 53.7 Å². The molecule has 0 bridgehead atoms. The van der Waals surface area contributed by atoms with E-state index in [1.807, 2.05) is 0 Å². The summed E-state index contributed by atoms with van der Waals surface area (Å²) in [6.07, 6.45) is 0.843. The normalized spacial score (nSPS) is 9.95. The smallest absolute Gasteiger partial charge is 0.128 e. The van der Waals surface area contributed by atoms with Crippen molar-refractivity contribution < 1.29 is 18.6 Å². The first kappa shape index (κ1) is 16.4. The molecule has 0 saturated heterocycles. The third-order valence-electron chi connectivity index (χ3n) is 2.34. The molecule has 0 aromatic heterocycles. The molecule has 0 aliphatic heterocycles. The van der Waals surface area contributed by atoms with Crippen molar-refractivity contribution in [3.05, 3.63) is 29.6 Å². The maximum absolute atomic E-state index is 13.3. The van der Waals surface area contributed by atoms with E-state index in [1.54, 1.807) is 13.2 Å². The van der Waals surface area contributed by atoms with Gasteiger partial charge in [-0.25, -0.2) is 4.39 Å². The molecule has 0 atom stereocenters. The van der Waals surface area contributed by atoms with Crippen LogP contribution in [0.25, 0.3) is 0 Å². The Morgan fingerprint density at radius 1 is 1.15 bits per heavy atom. The van der Waals surface area contributed by atoms with Crippen LogP contribution in [0, 0.1) is 17.7 Å². The Balaban J connectivity index is 2.34. The van der Waals surface area contributed by atoms with Gasteiger partial charge in [0.1, 0.15) is 18.2 Å². The number of hydrogen-bond donors (Lipinski definition) is 1. The van der Waals surface area contributed by atoms with E-state index in [4.69, 9.17) is 19.9 Å². The summed E-state index contributed by atoms with van der Waals surface area (Å²) in [7, 11) is 1.65. The lowest BCUT2D eigenvalue weighted by atomic mass is 10.2. The largest absolute Gasteiger partial charge is 0.491 e. The quantitative estimate of drug-likeness (QED) is 0.580. The van der Waals surface area contributed by atoms with E-state index in [0.29, 0.717) is 37.7 Å². The summed E-state index contributed by atoms with van der Waals surface area (Å²) >= 11 is 0. The summed E-state index contributed by atoms with van der Waals surface area (Å²) in [4.78, 5) is 0. The third kappa shape index (κ3) is 7.10. The lowest BCUT2D eigenvalue weighted by Gasteiger charge is -2.07. The van der Waals surface area contributed by atoms with Crippen molar-refractivity contribution in [3.8, 4) is 17.6 Å². The van der Waals surface area contributed by atoms with Gasteiger partial charge in [0.25, 0.3) is 0 Å². The number of nitrogens with two attached hydrogens (primary N) is 1. The highest BCUT2D eigenvalue weighted by Gasteiger charge is 2.00. The summed E-state index contributed by atoms with van der Waals surface area (Å²) in [6, 6.07) is 4.34. The third-order valence-corrected chi connectivity index (χ3v) is 2.34. The van der Waals surface area contributed by atoms with Gasteiger partial charge in [0.05, 0.1) is 13.2 Å². The van der Waals surface area contributed by atoms with Crippen LogP contribution in [0.2, 0.25) is 0 Å². The summed E-state index contributed by atoms with van der Waals surface area (Å²) < 4.78 is 29.0. The van der Waals surface area contributed by atoms with Gasteiger partial charge in [-0.3, -0.25) is 0 Å². The molecule has 0 saturated carbocycles. The Morgan fingerprint density at radius 2 is 2.00 bits per heavy atom. The Hall–Kier alpha value is -1.61. The molecule has 1 aromatic carbocycles. The lowest BCUT2D eigenvalue weighted by Crippen LogP contribution is -2.08. The predicted molar refractivity (Wildman–Crippen MR) is 75.1 cm³/mol. The zero-order valence-corrected chi connectivity index (χ0v) is 11.7. The van der Waals surface area contributed by atoms with Crippen molar-refractivity contribution in [2.45, 2.75) is 6.42 Å². The molecule has 0 heterocycles. The zero-order valence-electron chi connectivity index (χ0n) is 11.7. The second kappa shape index (κ2) is 10.2. The summed E-state index contributed by atoms with van der Waals surface area (Å²) in [5.74, 6) is 5.50. The van der Waals surface area contributed by atoms with Gasteiger partial charge < -0.3 is 19.9 Å². The van der Waals surface area contributed by atoms with Gasteiger partial charge in [-0.15, -0.1) is 0 Å². The lowest BCUT2D eigenvalue weighted by molar-refractivity contribution is 0.0805. The van der Waals surface area contributed by atoms with Crippen LogP contribution in [0.15, 0.2) is 18.2 Å². The number of ether oxygens (including phenoxy) is 3. The van der Waals surface area contributed by atoms with Crippen LogP contribution < -0.4 is 10.5 Å². The van der Waals surface area contributed by atoms with Crippen LogP contribution in [0.4, 0.5) is 4.39 Å². The average molecular weight is 281 g/mol. The molecule has 20 heavy (non-hydrogen) atoms. The number of benzene rings is 1. The van der Waals surface area contributed by atoms with Crippen molar-refractivity contribution in [1.29, 1.82) is 0 Å². The second-order valence-corrected chi connectivity index (χ2v) is 3.99. The Bertz CT molecular complexity index is 454. The Kier molecular flexibility index (Phi) is 8.40. The molecule has 0 aliphatic carbocycles. The van der Waals surface area contributed by atoms with Gasteiger partial charge in [-0.2, -0.15) is 0 Å². The molecule has 4 nitrogen and oxygen atoms in total. The summed E-state index contributed by atoms with van der Waals surface area (Å²) in [5, 5.41) is 0. The first-order chi connectivity index (χ1) is 9.76. The molecule has 1 aromatic rings. The Labute approximate surface area is 119 Å². The van der Waals surface area contributed by atoms with Crippen molar-refractivity contribution in [2.75, 3.05) is 40.1 Å². The number of rotatable bonds is 8. The molecule has 0 unspecified atom stereocenters. The zero-order chi connectivity index (χ0) is 14.6. The van der Waals surface area contributed by atoms with Crippen LogP contribution in [-0.2, 0) is 9.47 Å². The number of halogens is 1. The molecule has 0 fully saturated rings. The highest BCUT2D eigenvalue weighted by molar-refractivity contribution is 5.40. The van der Waals surface area contributed by atoms with E-state index in [-0.39, 0.29) is 12.4 Å². The first-order valence-electron chi connectivity index (χ1n) is 6.45. The van der Waals surface area contributed by atoms with E-state index in [2.05, 4.69) is 11.8 Å². The molecule has 0 amide bonds. The predicted octanol–water partition coefficient (Wildman–Crippen LogP) is 1.57. The Morgan fingerprint density at radius 3 is 2.75 bits per heavy atom. The summed E-state index contributed by atoms with van der Waals surface area (Å²) in [6.45, 7) is 2.34. The van der Waals surface area contributed by atoms with E-state index in [1.165, 1.54) is 12.1 Å². The van der Waals surface area contributed by atoms with Crippen LogP contribution in [0.3, 0.4) is 0 Å². The van der Waals surface area contributed by atoms with Crippen LogP contribution in [-0.4, -0.2) is 40.1 Å². The van der Waals surface area contributed by atoms with Gasteiger partial charge in [-0.05, 0) is 18.6 Å². The van der Waals surface area contributed by atoms with E-state index in [9.17, 15) is 4.39 Å². The van der Waals surface area contributed by atoms with Crippen molar-refractivity contribution in [2.24, 2.45) is 5.73 Å². The first-order valence-corrected chi connectivity index (χ1v) is 6.45. The van der Waals surface area contributed by atoms with Crippen LogP contribution in [0.1, 0.15) is 12.0 Å². The fourth-order valence-corrected chi connectivity index (χ4v) is 1.50. The summed E-state index contributed by atoms with van der Waals surface area (Å²) in [5.41, 5.74) is 5.82. The standard InChI is InChI=1S/C15H20FNO3/c1-18-6-3-7-19-8-9-20-15-11-13(4-2-5-17)10-14(16)12-15/h10-12H,3,5-9,17H2,1H3. The maximum atomic E-state index is 13.3. The molecule has 5 heteroatoms. The fourth-order valence-electron chi connectivity index (χ4n) is 1.50. The molecule has 0 aliphatic rings. The maximum Gasteiger partial charge on any atom is 0.128 e. The van der Waals surface area contributed by atoms with E-state index in [0.717, 1.165) is 6.42 Å². The van der Waals surface area contributed by atoms with Gasteiger partial charge in [0.15, 0.2) is 0 Å². The minimum atomic E-state index is -0.384. The minimum absolute atomic E-state index is 0.238. The van der Waals surface area contributed by atoms with Crippen molar-refractivity contribution in [1.82, 2.24) is 0 Å². The molecular formula is C15H20FNO3. The molecular weight excluding hydrogens is 261 g/mol. The molecule has 0 radical (unpaired) electrons. The van der Waals surface area contributed by atoms with E-state index >= 15 is 0 Å². The van der Waals surface area contributed by atoms with Crippen LogP contribution in [0.5, 0.6) is 5.75 Å². The molecule has 2 N–H and O–H groups in total. The van der Waals surface area contributed by atoms with Gasteiger partial charge in [0, 0.05) is 32.0 Å². The minimum Gasteiger partial charge on any atom is -0.491 e. The van der Waals surface area contributed by atoms with Gasteiger partial charge in [0.2, 0.25) is 0 Å². The van der Waals surface area contributed by atoms with Crippen molar-refractivity contribution in [3.63, 3.8) is 0 Å². The molecule has 0 spiro atoms. The molecule has 110 valence electrons. The monoisotopic (exact) mass is 281 g/mol. The average Bonchev–Trinajstić information content (AvgIpc) is 2.43. The fraction of sp³-hybridized carbons (Fsp3) is 0.467. The van der Waals surface area contributed by atoms with Crippen LogP contribution >= 0.6 is 0 Å². The number of methoxy groups -OCH3 is 1. The molecule has 1 rings (SSSR count). The second-order valence-electron chi connectivity index (χ2n) is 3.99. The van der Waals surface area contributed by atoms with Gasteiger partial charge in [-0.1, -0.05) is 11.8 Å².